The summed E-state index contributed by atoms with van der Waals surface area (Å²) in [6, 6.07) is 0. The molecule has 3 unspecified atom stereocenters. The molecule has 0 spiro atoms. The summed E-state index contributed by atoms with van der Waals surface area (Å²) >= 11 is 0. The van der Waals surface area contributed by atoms with Crippen molar-refractivity contribution in [2.24, 2.45) is 0 Å². The molecule has 3 nitrogen and oxygen atoms in total. The van der Waals surface area contributed by atoms with Gasteiger partial charge in [-0.05, 0) is 32.6 Å². The minimum Gasteiger partial charge on any atom is -0.345 e. The van der Waals surface area contributed by atoms with Crippen LogP contribution >= 0.6 is 0 Å². The molecular weight excluding hydrogens is 368 g/mol. The van der Waals surface area contributed by atoms with E-state index < -0.39 is 0 Å². The van der Waals surface area contributed by atoms with E-state index in [2.05, 4.69) is 37.5 Å². The Labute approximate surface area is 188 Å². The van der Waals surface area contributed by atoms with Crippen LogP contribution in [-0.2, 0) is 0 Å². The molecule has 0 radical (unpaired) electrons. The molecule has 0 aromatic carbocycles. The molecule has 0 aromatic rings. The standard InChI is InChI=1S/C27H53N2O/c1-4-6-7-8-9-10-11-12-13-14-15-16-17-18-19-20-21-22-23-27-28-24-25-29(27,5-2)26(3)30/h6-7,24-28,30H,4-5,8-23H2,1-3H3/q+1/b7-6+. The van der Waals surface area contributed by atoms with Gasteiger partial charge in [0.05, 0.1) is 12.7 Å². The van der Waals surface area contributed by atoms with Crippen molar-refractivity contribution in [1.29, 1.82) is 0 Å². The molecule has 0 fully saturated rings. The van der Waals surface area contributed by atoms with Crippen molar-refractivity contribution in [1.82, 2.24) is 5.32 Å². The second kappa shape index (κ2) is 17.8. The second-order valence-corrected chi connectivity index (χ2v) is 9.35. The number of unbranched alkanes of at least 4 members (excludes halogenated alkanes) is 14. The number of hydrogen-bond acceptors (Lipinski definition) is 2. The average molecular weight is 422 g/mol. The van der Waals surface area contributed by atoms with Crippen molar-refractivity contribution in [2.45, 2.75) is 142 Å². The Balaban J connectivity index is 1.83. The Bertz CT molecular complexity index is 446. The maximum absolute atomic E-state index is 10.2. The van der Waals surface area contributed by atoms with Gasteiger partial charge in [0.25, 0.3) is 0 Å². The van der Waals surface area contributed by atoms with E-state index in [1.54, 1.807) is 0 Å². The lowest BCUT2D eigenvalue weighted by Crippen LogP contribution is -2.57. The molecule has 0 saturated carbocycles. The van der Waals surface area contributed by atoms with Crippen LogP contribution in [0.3, 0.4) is 0 Å². The fourth-order valence-corrected chi connectivity index (χ4v) is 4.84. The minimum absolute atomic E-state index is 0.334. The third-order valence-corrected chi connectivity index (χ3v) is 6.97. The van der Waals surface area contributed by atoms with Crippen LogP contribution < -0.4 is 5.32 Å². The molecule has 30 heavy (non-hydrogen) atoms. The van der Waals surface area contributed by atoms with E-state index in [1.807, 2.05) is 13.1 Å². The molecule has 2 N–H and O–H groups in total. The van der Waals surface area contributed by atoms with Crippen molar-refractivity contribution >= 4 is 0 Å². The summed E-state index contributed by atoms with van der Waals surface area (Å²) in [5.41, 5.74) is 0. The van der Waals surface area contributed by atoms with Crippen LogP contribution in [0.1, 0.15) is 130 Å². The van der Waals surface area contributed by atoms with Crippen LogP contribution in [0, 0.1) is 0 Å². The summed E-state index contributed by atoms with van der Waals surface area (Å²) in [6.07, 6.45) is 32.1. The van der Waals surface area contributed by atoms with Crippen molar-refractivity contribution in [3.8, 4) is 0 Å². The minimum atomic E-state index is -0.334. The Hall–Kier alpha value is -0.800. The molecule has 176 valence electrons. The summed E-state index contributed by atoms with van der Waals surface area (Å²) in [7, 11) is 0. The van der Waals surface area contributed by atoms with E-state index in [0.717, 1.165) is 13.0 Å². The predicted octanol–water partition coefficient (Wildman–Crippen LogP) is 7.77. The summed E-state index contributed by atoms with van der Waals surface area (Å²) in [5.74, 6) is 0. The number of aliphatic hydroxyl groups is 1. The SMILES string of the molecule is CC/C=C/CCCCCCCCCCCCCCCCC1NC=C[N+]1(CC)C(C)O. The lowest BCUT2D eigenvalue weighted by molar-refractivity contribution is -0.942. The normalized spacial score (nSPS) is 22.1. The number of hydrogen-bond donors (Lipinski definition) is 2. The largest absolute Gasteiger partial charge is 0.345 e. The van der Waals surface area contributed by atoms with Gasteiger partial charge in [-0.15, -0.1) is 0 Å². The van der Waals surface area contributed by atoms with Gasteiger partial charge in [0.15, 0.2) is 12.4 Å². The lowest BCUT2D eigenvalue weighted by Gasteiger charge is -2.39. The van der Waals surface area contributed by atoms with Gasteiger partial charge in [0.2, 0.25) is 0 Å². The fraction of sp³-hybridized carbons (Fsp3) is 0.852. The molecule has 0 aliphatic carbocycles. The van der Waals surface area contributed by atoms with Gasteiger partial charge in [-0.2, -0.15) is 0 Å². The van der Waals surface area contributed by atoms with E-state index in [0.29, 0.717) is 10.6 Å². The molecule has 0 aromatic heterocycles. The maximum atomic E-state index is 10.2. The number of aliphatic hydroxyl groups excluding tert-OH is 1. The van der Waals surface area contributed by atoms with Gasteiger partial charge in [-0.1, -0.05) is 96.1 Å². The molecule has 0 bridgehead atoms. The van der Waals surface area contributed by atoms with Crippen molar-refractivity contribution < 1.29 is 9.59 Å². The zero-order chi connectivity index (χ0) is 21.9. The number of rotatable bonds is 20. The number of nitrogens with zero attached hydrogens (tertiary/aromatic N) is 1. The highest BCUT2D eigenvalue weighted by atomic mass is 16.3. The van der Waals surface area contributed by atoms with E-state index in [1.165, 1.54) is 103 Å². The number of allylic oxidation sites excluding steroid dienone is 2. The van der Waals surface area contributed by atoms with Gasteiger partial charge < -0.3 is 10.4 Å². The van der Waals surface area contributed by atoms with Crippen LogP contribution in [-0.4, -0.2) is 28.5 Å². The van der Waals surface area contributed by atoms with Crippen molar-refractivity contribution in [2.75, 3.05) is 6.54 Å². The molecule has 0 amide bonds. The zero-order valence-electron chi connectivity index (χ0n) is 20.6. The second-order valence-electron chi connectivity index (χ2n) is 9.35. The van der Waals surface area contributed by atoms with Gasteiger partial charge >= 0.3 is 0 Å². The van der Waals surface area contributed by atoms with Crippen LogP contribution in [0.2, 0.25) is 0 Å². The van der Waals surface area contributed by atoms with Crippen LogP contribution in [0.25, 0.3) is 0 Å². The first-order chi connectivity index (χ1) is 14.7. The molecule has 3 atom stereocenters. The van der Waals surface area contributed by atoms with Gasteiger partial charge in [-0.25, -0.2) is 0 Å². The summed E-state index contributed by atoms with van der Waals surface area (Å²) in [5, 5.41) is 13.7. The van der Waals surface area contributed by atoms with Crippen LogP contribution in [0.15, 0.2) is 24.6 Å². The predicted molar refractivity (Wildman–Crippen MR) is 132 cm³/mol. The molecule has 1 aliphatic heterocycles. The lowest BCUT2D eigenvalue weighted by atomic mass is 10.0. The Kier molecular flexibility index (Phi) is 16.2. The van der Waals surface area contributed by atoms with Gasteiger partial charge in [0.1, 0.15) is 6.20 Å². The number of quaternary nitrogens is 1. The first-order valence-electron chi connectivity index (χ1n) is 13.3. The highest BCUT2D eigenvalue weighted by Crippen LogP contribution is 2.26. The van der Waals surface area contributed by atoms with Crippen LogP contribution in [0.4, 0.5) is 0 Å². The van der Waals surface area contributed by atoms with E-state index in [-0.39, 0.29) is 6.23 Å². The number of nitrogens with one attached hydrogen (secondary N) is 1. The Morgan fingerprint density at radius 2 is 1.30 bits per heavy atom. The first-order valence-corrected chi connectivity index (χ1v) is 13.3. The van der Waals surface area contributed by atoms with E-state index in [9.17, 15) is 5.11 Å². The molecular formula is C27H53N2O+. The third-order valence-electron chi connectivity index (χ3n) is 6.97. The average Bonchev–Trinajstić information content (AvgIpc) is 3.17. The van der Waals surface area contributed by atoms with Gasteiger partial charge in [-0.3, -0.25) is 4.48 Å². The highest BCUT2D eigenvalue weighted by Gasteiger charge is 2.40. The zero-order valence-corrected chi connectivity index (χ0v) is 20.6. The smallest absolute Gasteiger partial charge is 0.193 e. The summed E-state index contributed by atoms with van der Waals surface area (Å²) in [6.45, 7) is 7.24. The molecule has 1 aliphatic rings. The van der Waals surface area contributed by atoms with E-state index >= 15 is 0 Å². The quantitative estimate of drug-likeness (QED) is 0.119. The summed E-state index contributed by atoms with van der Waals surface area (Å²) < 4.78 is 0.677. The Morgan fingerprint density at radius 3 is 1.77 bits per heavy atom. The maximum Gasteiger partial charge on any atom is 0.193 e. The first kappa shape index (κ1) is 27.2. The summed E-state index contributed by atoms with van der Waals surface area (Å²) in [4.78, 5) is 0. The monoisotopic (exact) mass is 421 g/mol. The van der Waals surface area contributed by atoms with E-state index in [4.69, 9.17) is 0 Å². The molecule has 1 heterocycles. The van der Waals surface area contributed by atoms with Crippen LogP contribution in [0.5, 0.6) is 0 Å². The van der Waals surface area contributed by atoms with Crippen molar-refractivity contribution in [3.63, 3.8) is 0 Å². The topological polar surface area (TPSA) is 32.3 Å². The van der Waals surface area contributed by atoms with Crippen molar-refractivity contribution in [3.05, 3.63) is 24.6 Å². The molecule has 1 rings (SSSR count). The molecule has 0 saturated heterocycles. The van der Waals surface area contributed by atoms with Gasteiger partial charge in [0, 0.05) is 13.3 Å². The Morgan fingerprint density at radius 1 is 0.800 bits per heavy atom. The highest BCUT2D eigenvalue weighted by molar-refractivity contribution is 4.84. The fourth-order valence-electron chi connectivity index (χ4n) is 4.84. The molecule has 3 heteroatoms. The third kappa shape index (κ3) is 11.0.